The maximum Gasteiger partial charge on any atom is 0.433 e. The van der Waals surface area contributed by atoms with E-state index in [1.807, 2.05) is 0 Å². The molecule has 0 aliphatic carbocycles. The lowest BCUT2D eigenvalue weighted by Crippen LogP contribution is -2.14. The predicted molar refractivity (Wildman–Crippen MR) is 95.5 cm³/mol. The van der Waals surface area contributed by atoms with Gasteiger partial charge in [0.1, 0.15) is 17.0 Å². The molecule has 0 saturated heterocycles. The summed E-state index contributed by atoms with van der Waals surface area (Å²) in [7, 11) is 1.30. The minimum Gasteiger partial charge on any atom is -0.494 e. The van der Waals surface area contributed by atoms with E-state index < -0.39 is 17.8 Å². The van der Waals surface area contributed by atoms with Gasteiger partial charge in [0, 0.05) is 23.3 Å². The molecule has 0 radical (unpaired) electrons. The summed E-state index contributed by atoms with van der Waals surface area (Å²) in [4.78, 5) is 20.1. The van der Waals surface area contributed by atoms with E-state index >= 15 is 0 Å². The van der Waals surface area contributed by atoms with Gasteiger partial charge in [-0.05, 0) is 24.3 Å². The lowest BCUT2D eigenvalue weighted by molar-refractivity contribution is -0.140. The van der Waals surface area contributed by atoms with Gasteiger partial charge in [0.2, 0.25) is 0 Å². The Kier molecular flexibility index (Phi) is 5.12. The third kappa shape index (κ3) is 3.77. The van der Waals surface area contributed by atoms with E-state index in [4.69, 9.17) is 27.9 Å². The number of carbonyl (C=O) groups is 1. The Bertz CT molecular complexity index is 1020. The van der Waals surface area contributed by atoms with Crippen LogP contribution in [-0.2, 0) is 6.18 Å². The van der Waals surface area contributed by atoms with Crippen LogP contribution in [0, 0.1) is 0 Å². The van der Waals surface area contributed by atoms with Gasteiger partial charge in [0.15, 0.2) is 0 Å². The zero-order valence-corrected chi connectivity index (χ0v) is 15.1. The summed E-state index contributed by atoms with van der Waals surface area (Å²) in [6.07, 6.45) is -2.03. The first-order chi connectivity index (χ1) is 12.7. The number of carbonyl (C=O) groups excluding carboxylic acids is 1. The van der Waals surface area contributed by atoms with Crippen LogP contribution in [0.1, 0.15) is 16.1 Å². The van der Waals surface area contributed by atoms with Crippen molar-refractivity contribution in [3.8, 4) is 5.75 Å². The number of alkyl halides is 3. The Labute approximate surface area is 161 Å². The molecule has 27 heavy (non-hydrogen) atoms. The second-order valence-corrected chi connectivity index (χ2v) is 6.15. The lowest BCUT2D eigenvalue weighted by Gasteiger charge is -2.13. The monoisotopic (exact) mass is 415 g/mol. The van der Waals surface area contributed by atoms with Crippen molar-refractivity contribution in [2.24, 2.45) is 0 Å². The fraction of sp³-hybridized carbons (Fsp3) is 0.118. The topological polar surface area (TPSA) is 64.1 Å². The number of pyridine rings is 2. The van der Waals surface area contributed by atoms with Gasteiger partial charge in [-0.1, -0.05) is 23.2 Å². The van der Waals surface area contributed by atoms with Crippen LogP contribution < -0.4 is 10.1 Å². The third-order valence-electron chi connectivity index (χ3n) is 3.67. The van der Waals surface area contributed by atoms with Gasteiger partial charge in [0.05, 0.1) is 22.8 Å². The van der Waals surface area contributed by atoms with Gasteiger partial charge in [-0.25, -0.2) is 4.98 Å². The van der Waals surface area contributed by atoms with Crippen molar-refractivity contribution in [2.45, 2.75) is 6.18 Å². The molecule has 2 aromatic heterocycles. The largest absolute Gasteiger partial charge is 0.494 e. The number of nitrogens with zero attached hydrogens (tertiary/aromatic N) is 2. The summed E-state index contributed by atoms with van der Waals surface area (Å²) < 4.78 is 44.0. The normalized spacial score (nSPS) is 11.5. The van der Waals surface area contributed by atoms with Crippen LogP contribution in [0.15, 0.2) is 36.7 Å². The van der Waals surface area contributed by atoms with Gasteiger partial charge in [0.25, 0.3) is 5.91 Å². The highest BCUT2D eigenvalue weighted by Gasteiger charge is 2.33. The van der Waals surface area contributed by atoms with Crippen molar-refractivity contribution in [1.82, 2.24) is 9.97 Å². The highest BCUT2D eigenvalue weighted by molar-refractivity contribution is 6.39. The van der Waals surface area contributed by atoms with E-state index in [0.717, 1.165) is 6.07 Å². The molecular formula is C17H10Cl2F3N3O2. The molecule has 0 saturated carbocycles. The highest BCUT2D eigenvalue weighted by Crippen LogP contribution is 2.34. The van der Waals surface area contributed by atoms with Crippen LogP contribution in [0.25, 0.3) is 10.9 Å². The molecule has 0 aliphatic rings. The number of anilines is 1. The van der Waals surface area contributed by atoms with E-state index in [9.17, 15) is 18.0 Å². The number of fused-ring (bicyclic) bond motifs is 1. The molecule has 5 nitrogen and oxygen atoms in total. The van der Waals surface area contributed by atoms with Crippen molar-refractivity contribution < 1.29 is 22.7 Å². The second-order valence-electron chi connectivity index (χ2n) is 5.34. The maximum atomic E-state index is 13.0. The number of nitrogens with one attached hydrogen (secondary N) is 1. The molecule has 0 atom stereocenters. The quantitative estimate of drug-likeness (QED) is 0.636. The second kappa shape index (κ2) is 7.21. The van der Waals surface area contributed by atoms with Gasteiger partial charge < -0.3 is 10.1 Å². The fourth-order valence-corrected chi connectivity index (χ4v) is 2.88. The van der Waals surface area contributed by atoms with Crippen LogP contribution in [0.3, 0.4) is 0 Å². The van der Waals surface area contributed by atoms with E-state index in [-0.39, 0.29) is 37.9 Å². The molecule has 3 rings (SSSR count). The number of methoxy groups -OCH3 is 1. The van der Waals surface area contributed by atoms with Crippen LogP contribution >= 0.6 is 23.2 Å². The summed E-state index contributed by atoms with van der Waals surface area (Å²) >= 11 is 12.0. The number of ether oxygens (including phenoxy) is 1. The number of aromatic nitrogens is 2. The van der Waals surface area contributed by atoms with Gasteiger partial charge in [-0.3, -0.25) is 9.78 Å². The van der Waals surface area contributed by atoms with Crippen molar-refractivity contribution in [2.75, 3.05) is 12.4 Å². The zero-order chi connectivity index (χ0) is 19.8. The van der Waals surface area contributed by atoms with Crippen LogP contribution in [-0.4, -0.2) is 23.0 Å². The van der Waals surface area contributed by atoms with E-state index in [1.165, 1.54) is 37.7 Å². The Morgan fingerprint density at radius 1 is 1.11 bits per heavy atom. The molecule has 0 unspecified atom stereocenters. The fourth-order valence-electron chi connectivity index (χ4n) is 2.42. The molecule has 1 aromatic carbocycles. The average Bonchev–Trinajstić information content (AvgIpc) is 2.62. The smallest absolute Gasteiger partial charge is 0.433 e. The molecule has 0 aliphatic heterocycles. The molecule has 3 aromatic rings. The molecule has 2 heterocycles. The molecule has 0 spiro atoms. The van der Waals surface area contributed by atoms with Gasteiger partial charge in [-0.2, -0.15) is 13.2 Å². The molecule has 10 heteroatoms. The third-order valence-corrected chi connectivity index (χ3v) is 4.24. The average molecular weight is 416 g/mol. The molecule has 0 fully saturated rings. The standard InChI is InChI=1S/C17H10Cl2F3N3O2/c1-27-12-4-2-9(8-3-5-13(17(20,21)22)24-14(8)12)16(26)25-15-10(18)6-23-7-11(15)19/h2-7H,1H3,(H,23,25,26). The van der Waals surface area contributed by atoms with Gasteiger partial charge >= 0.3 is 6.18 Å². The minimum absolute atomic E-state index is 0.0796. The SMILES string of the molecule is COc1ccc(C(=O)Nc2c(Cl)cncc2Cl)c2ccc(C(F)(F)F)nc12. The predicted octanol–water partition coefficient (Wildman–Crippen LogP) is 5.22. The van der Waals surface area contributed by atoms with Crippen molar-refractivity contribution in [3.05, 3.63) is 58.0 Å². The molecule has 0 bridgehead atoms. The number of hydrogen-bond donors (Lipinski definition) is 1. The maximum absolute atomic E-state index is 13.0. The Balaban J connectivity index is 2.10. The van der Waals surface area contributed by atoms with Crippen molar-refractivity contribution in [3.63, 3.8) is 0 Å². The molecule has 1 N–H and O–H groups in total. The van der Waals surface area contributed by atoms with Crippen LogP contribution in [0.2, 0.25) is 10.0 Å². The Morgan fingerprint density at radius 3 is 2.37 bits per heavy atom. The Morgan fingerprint density at radius 2 is 1.78 bits per heavy atom. The first-order valence-corrected chi connectivity index (χ1v) is 8.13. The van der Waals surface area contributed by atoms with Crippen molar-refractivity contribution in [1.29, 1.82) is 0 Å². The van der Waals surface area contributed by atoms with E-state index in [2.05, 4.69) is 15.3 Å². The van der Waals surface area contributed by atoms with E-state index in [1.54, 1.807) is 0 Å². The highest BCUT2D eigenvalue weighted by atomic mass is 35.5. The molecule has 140 valence electrons. The summed E-state index contributed by atoms with van der Waals surface area (Å²) in [5, 5.41) is 2.95. The van der Waals surface area contributed by atoms with Crippen LogP contribution in [0.5, 0.6) is 5.75 Å². The number of benzene rings is 1. The first kappa shape index (κ1) is 19.2. The molecular weight excluding hydrogens is 406 g/mol. The van der Waals surface area contributed by atoms with Gasteiger partial charge in [-0.15, -0.1) is 0 Å². The van der Waals surface area contributed by atoms with Crippen molar-refractivity contribution >= 4 is 45.7 Å². The summed E-state index contributed by atoms with van der Waals surface area (Å²) in [5.74, 6) is -0.521. The summed E-state index contributed by atoms with van der Waals surface area (Å²) in [6, 6.07) is 4.73. The lowest BCUT2D eigenvalue weighted by atomic mass is 10.1. The zero-order valence-electron chi connectivity index (χ0n) is 13.6. The number of hydrogen-bond acceptors (Lipinski definition) is 4. The summed E-state index contributed by atoms with van der Waals surface area (Å²) in [6.45, 7) is 0. The summed E-state index contributed by atoms with van der Waals surface area (Å²) in [5.41, 5.74) is -0.962. The Hall–Kier alpha value is -2.58. The van der Waals surface area contributed by atoms with E-state index in [0.29, 0.717) is 0 Å². The van der Waals surface area contributed by atoms with Crippen LogP contribution in [0.4, 0.5) is 18.9 Å². The number of halogens is 5. The minimum atomic E-state index is -4.63. The number of amides is 1. The molecule has 1 amide bonds. The number of rotatable bonds is 3. The first-order valence-electron chi connectivity index (χ1n) is 7.37.